The lowest BCUT2D eigenvalue weighted by molar-refractivity contribution is 0.0697. The number of nitrogens with two attached hydrogens (primary N) is 1. The molecule has 0 atom stereocenters. The summed E-state index contributed by atoms with van der Waals surface area (Å²) in [4.78, 5) is 16.5. The number of hydrogen-bond donors (Lipinski definition) is 4. The van der Waals surface area contributed by atoms with Gasteiger partial charge in [0.2, 0.25) is 5.95 Å². The maximum atomic E-state index is 11.6. The first-order valence-corrected chi connectivity index (χ1v) is 12.1. The lowest BCUT2D eigenvalue weighted by atomic mass is 9.92. The van der Waals surface area contributed by atoms with E-state index >= 15 is 0 Å². The van der Waals surface area contributed by atoms with Gasteiger partial charge < -0.3 is 26.0 Å². The van der Waals surface area contributed by atoms with Crippen LogP contribution in [0.25, 0.3) is 11.4 Å². The van der Waals surface area contributed by atoms with Crippen LogP contribution in [-0.4, -0.2) is 42.9 Å². The molecule has 0 amide bonds. The van der Waals surface area contributed by atoms with Gasteiger partial charge in [0.05, 0.1) is 22.0 Å². The van der Waals surface area contributed by atoms with Crippen LogP contribution in [0, 0.1) is 0 Å². The number of nitrogens with one attached hydrogen (secondary N) is 2. The Balaban J connectivity index is 1.82. The smallest absolute Gasteiger partial charge is 0.337 e. The fraction of sp³-hybridized carbons (Fsp3) is 0.500. The molecule has 0 bridgehead atoms. The fourth-order valence-electron chi connectivity index (χ4n) is 4.47. The SMILES string of the molecule is CC(C)c1nnc2c(Nc3ccc(Cl)c(C(=O)O)c3)nc(NC3CCC(N)CC3)n(C(C)C)c1-2. The molecular formula is C24H32ClN7O2. The fourth-order valence-corrected chi connectivity index (χ4v) is 4.66. The maximum Gasteiger partial charge on any atom is 0.337 e. The first-order chi connectivity index (χ1) is 16.2. The zero-order valence-corrected chi connectivity index (χ0v) is 20.7. The van der Waals surface area contributed by atoms with E-state index in [0.29, 0.717) is 17.2 Å². The molecular weight excluding hydrogens is 454 g/mol. The minimum atomic E-state index is -1.09. The molecule has 1 aliphatic carbocycles. The zero-order valence-electron chi connectivity index (χ0n) is 20.0. The Kier molecular flexibility index (Phi) is 6.95. The van der Waals surface area contributed by atoms with E-state index in [1.165, 1.54) is 6.07 Å². The van der Waals surface area contributed by atoms with E-state index in [0.717, 1.165) is 43.0 Å². The molecule has 0 radical (unpaired) electrons. The molecule has 0 aromatic heterocycles. The number of fused-ring (bicyclic) bond motifs is 1. The molecule has 1 saturated carbocycles. The quantitative estimate of drug-likeness (QED) is 0.356. The standard InChI is InChI=1S/C24H32ClN7O2/c1-12(2)19-21-20(31-30-19)22(27-16-9-10-18(25)17(11-16)23(33)34)29-24(32(21)13(3)4)28-15-7-5-14(26)6-8-15/h9-15,27H,5-8,26H2,1-4H3,(H,28,29)(H,33,34). The Labute approximate surface area is 204 Å². The van der Waals surface area contributed by atoms with Crippen LogP contribution in [0.1, 0.15) is 81.4 Å². The van der Waals surface area contributed by atoms with Crippen molar-refractivity contribution in [1.29, 1.82) is 0 Å². The Morgan fingerprint density at radius 2 is 1.88 bits per heavy atom. The van der Waals surface area contributed by atoms with Crippen LogP contribution in [0.15, 0.2) is 18.2 Å². The summed E-state index contributed by atoms with van der Waals surface area (Å²) in [5.74, 6) is 0.319. The second kappa shape index (κ2) is 9.76. The highest BCUT2D eigenvalue weighted by Gasteiger charge is 2.29. The zero-order chi connectivity index (χ0) is 24.6. The van der Waals surface area contributed by atoms with Crippen molar-refractivity contribution in [3.05, 3.63) is 34.5 Å². The van der Waals surface area contributed by atoms with Crippen LogP contribution in [0.5, 0.6) is 0 Å². The van der Waals surface area contributed by atoms with Crippen molar-refractivity contribution in [3.8, 4) is 11.4 Å². The highest BCUT2D eigenvalue weighted by Crippen LogP contribution is 2.39. The van der Waals surface area contributed by atoms with Crippen molar-refractivity contribution in [3.63, 3.8) is 0 Å². The molecule has 1 aromatic rings. The number of anilines is 3. The Morgan fingerprint density at radius 1 is 1.18 bits per heavy atom. The second-order valence-corrected chi connectivity index (χ2v) is 9.97. The number of carboxylic acid groups (broad SMARTS) is 1. The van der Waals surface area contributed by atoms with Gasteiger partial charge in [0, 0.05) is 23.8 Å². The molecule has 1 aromatic carbocycles. The minimum absolute atomic E-state index is 0.0180. The van der Waals surface area contributed by atoms with E-state index in [-0.39, 0.29) is 34.6 Å². The third-order valence-corrected chi connectivity index (χ3v) is 6.59. The minimum Gasteiger partial charge on any atom is -0.478 e. The number of carboxylic acids is 1. The molecule has 5 N–H and O–H groups in total. The summed E-state index contributed by atoms with van der Waals surface area (Å²) < 4.78 is 2.16. The van der Waals surface area contributed by atoms with E-state index in [1.807, 2.05) is 0 Å². The number of benzene rings is 1. The number of rotatable bonds is 7. The van der Waals surface area contributed by atoms with Gasteiger partial charge in [-0.2, -0.15) is 10.1 Å². The molecule has 4 rings (SSSR count). The monoisotopic (exact) mass is 485 g/mol. The summed E-state index contributed by atoms with van der Waals surface area (Å²) >= 11 is 6.06. The normalized spacial score (nSPS) is 18.6. The van der Waals surface area contributed by atoms with Crippen molar-refractivity contribution in [1.82, 2.24) is 19.7 Å². The van der Waals surface area contributed by atoms with Gasteiger partial charge in [0.15, 0.2) is 11.5 Å². The van der Waals surface area contributed by atoms with Crippen molar-refractivity contribution >= 4 is 35.0 Å². The van der Waals surface area contributed by atoms with Crippen molar-refractivity contribution < 1.29 is 9.90 Å². The molecule has 10 heteroatoms. The maximum absolute atomic E-state index is 11.6. The lowest BCUT2D eigenvalue weighted by Crippen LogP contribution is -2.34. The number of aromatic carboxylic acids is 1. The second-order valence-electron chi connectivity index (χ2n) is 9.57. The summed E-state index contributed by atoms with van der Waals surface area (Å²) in [5.41, 5.74) is 9.14. The van der Waals surface area contributed by atoms with E-state index in [4.69, 9.17) is 22.3 Å². The average molecular weight is 486 g/mol. The average Bonchev–Trinajstić information content (AvgIpc) is 3.21. The van der Waals surface area contributed by atoms with Crippen molar-refractivity contribution in [2.75, 3.05) is 10.6 Å². The number of nitrogens with zero attached hydrogens (tertiary/aromatic N) is 4. The number of aromatic nitrogens is 4. The van der Waals surface area contributed by atoms with Gasteiger partial charge in [-0.3, -0.25) is 0 Å². The van der Waals surface area contributed by atoms with Gasteiger partial charge >= 0.3 is 5.97 Å². The third kappa shape index (κ3) is 4.81. The molecule has 2 heterocycles. The number of hydrogen-bond acceptors (Lipinski definition) is 7. The molecule has 34 heavy (non-hydrogen) atoms. The lowest BCUT2D eigenvalue weighted by Gasteiger charge is -2.30. The molecule has 0 unspecified atom stereocenters. The molecule has 9 nitrogen and oxygen atoms in total. The van der Waals surface area contributed by atoms with Gasteiger partial charge in [-0.1, -0.05) is 25.4 Å². The molecule has 182 valence electrons. The molecule has 3 aliphatic rings. The molecule has 0 spiro atoms. The Hall–Kier alpha value is -2.91. The summed E-state index contributed by atoms with van der Waals surface area (Å²) in [6, 6.07) is 5.43. The van der Waals surface area contributed by atoms with Gasteiger partial charge in [-0.05, 0) is 63.6 Å². The summed E-state index contributed by atoms with van der Waals surface area (Å²) in [7, 11) is 0. The van der Waals surface area contributed by atoms with Crippen LogP contribution in [-0.2, 0) is 0 Å². The topological polar surface area (TPSA) is 131 Å². The third-order valence-electron chi connectivity index (χ3n) is 6.26. The van der Waals surface area contributed by atoms with Gasteiger partial charge in [0.25, 0.3) is 0 Å². The molecule has 1 fully saturated rings. The summed E-state index contributed by atoms with van der Waals surface area (Å²) in [5, 5.41) is 25.5. The first kappa shape index (κ1) is 24.2. The van der Waals surface area contributed by atoms with Crippen LogP contribution < -0.4 is 16.4 Å². The first-order valence-electron chi connectivity index (χ1n) is 11.8. The largest absolute Gasteiger partial charge is 0.478 e. The number of carbonyl (C=O) groups is 1. The van der Waals surface area contributed by atoms with Gasteiger partial charge in [0.1, 0.15) is 0 Å². The predicted molar refractivity (Wildman–Crippen MR) is 134 cm³/mol. The highest BCUT2D eigenvalue weighted by molar-refractivity contribution is 6.33. The summed E-state index contributed by atoms with van der Waals surface area (Å²) in [6.45, 7) is 8.42. The summed E-state index contributed by atoms with van der Waals surface area (Å²) in [6.07, 6.45) is 3.92. The van der Waals surface area contributed by atoms with Crippen LogP contribution >= 0.6 is 11.6 Å². The molecule has 2 aliphatic heterocycles. The highest BCUT2D eigenvalue weighted by atomic mass is 35.5. The Bertz CT molecular complexity index is 1150. The molecule has 0 saturated heterocycles. The Morgan fingerprint density at radius 3 is 2.50 bits per heavy atom. The van der Waals surface area contributed by atoms with Gasteiger partial charge in [-0.15, -0.1) is 5.10 Å². The van der Waals surface area contributed by atoms with Crippen LogP contribution in [0.3, 0.4) is 0 Å². The van der Waals surface area contributed by atoms with Crippen molar-refractivity contribution in [2.45, 2.75) is 77.4 Å². The van der Waals surface area contributed by atoms with Crippen LogP contribution in [0.4, 0.5) is 17.5 Å². The van der Waals surface area contributed by atoms with Crippen molar-refractivity contribution in [2.24, 2.45) is 5.73 Å². The van der Waals surface area contributed by atoms with E-state index in [1.54, 1.807) is 12.1 Å². The van der Waals surface area contributed by atoms with Crippen LogP contribution in [0.2, 0.25) is 5.02 Å². The number of halogens is 1. The van der Waals surface area contributed by atoms with E-state index < -0.39 is 5.97 Å². The van der Waals surface area contributed by atoms with Gasteiger partial charge in [-0.25, -0.2) is 4.79 Å². The van der Waals surface area contributed by atoms with E-state index in [2.05, 4.69) is 53.1 Å². The predicted octanol–water partition coefficient (Wildman–Crippen LogP) is 5.26. The van der Waals surface area contributed by atoms with E-state index in [9.17, 15) is 9.90 Å².